The van der Waals surface area contributed by atoms with Crippen LogP contribution in [0.25, 0.3) is 0 Å². The molecule has 1 aliphatic rings. The Balaban J connectivity index is 2.08. The Bertz CT molecular complexity index is 18.5. The van der Waals surface area contributed by atoms with E-state index >= 15 is 0 Å². The number of hydrogen-bond donors (Lipinski definition) is 0. The van der Waals surface area contributed by atoms with Gasteiger partial charge < -0.3 is 0 Å². The molecule has 2 heteroatoms. The topological polar surface area (TPSA) is 0 Å². The van der Waals surface area contributed by atoms with Crippen molar-refractivity contribution in [2.75, 3.05) is 5.75 Å². The van der Waals surface area contributed by atoms with Gasteiger partial charge >= 0.3 is 44.1 Å². The van der Waals surface area contributed by atoms with Gasteiger partial charge in [0.05, 0.1) is 0 Å². The van der Waals surface area contributed by atoms with Crippen molar-refractivity contribution < 1.29 is 17.9 Å². The molecule has 0 spiro atoms. The first-order valence-corrected chi connectivity index (χ1v) is 5.85. The van der Waals surface area contributed by atoms with Crippen LogP contribution in [0.3, 0.4) is 0 Å². The normalized spacial score (nSPS) is 22.4. The van der Waals surface area contributed by atoms with Gasteiger partial charge in [0.25, 0.3) is 0 Å². The SMILES string of the molecule is C1C[S][Ti][CH2]1. The summed E-state index contributed by atoms with van der Waals surface area (Å²) in [6.45, 7) is 0. The zero-order valence-electron chi connectivity index (χ0n) is 3.03. The summed E-state index contributed by atoms with van der Waals surface area (Å²) < 4.78 is 1.59. The molecule has 0 aromatic rings. The average molecular weight is 122 g/mol. The molecule has 28 valence electrons. The van der Waals surface area contributed by atoms with Gasteiger partial charge in [0.1, 0.15) is 0 Å². The monoisotopic (exact) mass is 122 g/mol. The molecule has 0 amide bonds. The zero-order chi connectivity index (χ0) is 3.54. The molecule has 1 aliphatic heterocycles. The van der Waals surface area contributed by atoms with Crippen LogP contribution in [-0.2, 0) is 17.9 Å². The second kappa shape index (κ2) is 2.27. The van der Waals surface area contributed by atoms with E-state index in [1.165, 1.54) is 12.2 Å². The second-order valence-corrected chi connectivity index (χ2v) is 5.57. The van der Waals surface area contributed by atoms with Crippen molar-refractivity contribution in [3.8, 4) is 0 Å². The maximum atomic E-state index is 2.20. The first-order valence-electron chi connectivity index (χ1n) is 1.85. The van der Waals surface area contributed by atoms with Gasteiger partial charge in [0, 0.05) is 0 Å². The van der Waals surface area contributed by atoms with E-state index in [1.54, 1.807) is 4.73 Å². The summed E-state index contributed by atoms with van der Waals surface area (Å²) in [7, 11) is 2.20. The fourth-order valence-electron chi connectivity index (χ4n) is 0.361. The van der Waals surface area contributed by atoms with E-state index in [4.69, 9.17) is 0 Å². The standard InChI is InChI=1S/C3H7S.Ti/c1-2-3-4;/h4H,1-3H2;/q;+1/p-1. The Morgan fingerprint density at radius 2 is 2.60 bits per heavy atom. The van der Waals surface area contributed by atoms with Crippen molar-refractivity contribution in [2.24, 2.45) is 0 Å². The average Bonchev–Trinajstić information content (AvgIpc) is 1.76. The molecule has 0 saturated carbocycles. The fraction of sp³-hybridized carbons (Fsp3) is 1.00. The van der Waals surface area contributed by atoms with E-state index in [0.717, 1.165) is 0 Å². The molecule has 0 bridgehead atoms. The van der Waals surface area contributed by atoms with Crippen molar-refractivity contribution in [1.82, 2.24) is 0 Å². The first-order chi connectivity index (χ1) is 2.50. The Morgan fingerprint density at radius 1 is 1.60 bits per heavy atom. The van der Waals surface area contributed by atoms with Gasteiger partial charge in [0.2, 0.25) is 0 Å². The minimum absolute atomic E-state index is 0.556. The molecule has 1 rings (SSSR count). The van der Waals surface area contributed by atoms with E-state index in [0.29, 0.717) is 17.9 Å². The van der Waals surface area contributed by atoms with E-state index < -0.39 is 0 Å². The van der Waals surface area contributed by atoms with Gasteiger partial charge in [-0.25, -0.2) is 0 Å². The van der Waals surface area contributed by atoms with Crippen LogP contribution in [0.5, 0.6) is 0 Å². The third kappa shape index (κ3) is 1.29. The summed E-state index contributed by atoms with van der Waals surface area (Å²) >= 11 is 0.556. The van der Waals surface area contributed by atoms with Crippen LogP contribution in [-0.4, -0.2) is 5.75 Å². The molecule has 0 N–H and O–H groups in total. The van der Waals surface area contributed by atoms with E-state index in [9.17, 15) is 0 Å². The van der Waals surface area contributed by atoms with Crippen molar-refractivity contribution in [3.63, 3.8) is 0 Å². The summed E-state index contributed by atoms with van der Waals surface area (Å²) in [5.41, 5.74) is 0. The first kappa shape index (κ1) is 4.23. The molecule has 1 saturated heterocycles. The van der Waals surface area contributed by atoms with Crippen LogP contribution in [0.2, 0.25) is 4.73 Å². The molecule has 5 heavy (non-hydrogen) atoms. The van der Waals surface area contributed by atoms with Crippen molar-refractivity contribution in [1.29, 1.82) is 0 Å². The van der Waals surface area contributed by atoms with Gasteiger partial charge in [-0.2, -0.15) is 0 Å². The molecule has 0 radical (unpaired) electrons. The van der Waals surface area contributed by atoms with E-state index in [2.05, 4.69) is 9.35 Å². The molecule has 1 fully saturated rings. The van der Waals surface area contributed by atoms with Crippen LogP contribution in [0, 0.1) is 0 Å². The van der Waals surface area contributed by atoms with E-state index in [-0.39, 0.29) is 0 Å². The molecule has 0 aliphatic carbocycles. The third-order valence-corrected chi connectivity index (χ3v) is 4.95. The van der Waals surface area contributed by atoms with Crippen molar-refractivity contribution in [3.05, 3.63) is 0 Å². The maximum absolute atomic E-state index is 2.20. The van der Waals surface area contributed by atoms with E-state index in [1.807, 2.05) is 0 Å². The molecule has 1 heterocycles. The van der Waals surface area contributed by atoms with Gasteiger partial charge in [0.15, 0.2) is 0 Å². The Morgan fingerprint density at radius 3 is 2.80 bits per heavy atom. The Kier molecular flexibility index (Phi) is 1.92. The predicted molar refractivity (Wildman–Crippen MR) is 21.9 cm³/mol. The van der Waals surface area contributed by atoms with Crippen LogP contribution in [0.15, 0.2) is 0 Å². The molecule has 0 aromatic heterocycles. The third-order valence-electron chi connectivity index (χ3n) is 0.627. The summed E-state index contributed by atoms with van der Waals surface area (Å²) in [5, 5.41) is 0. The summed E-state index contributed by atoms with van der Waals surface area (Å²) in [5.74, 6) is 1.47. The van der Waals surface area contributed by atoms with Crippen LogP contribution in [0.4, 0.5) is 0 Å². The summed E-state index contributed by atoms with van der Waals surface area (Å²) in [4.78, 5) is 0. The molecule has 0 aromatic carbocycles. The van der Waals surface area contributed by atoms with Crippen LogP contribution in [0.1, 0.15) is 6.42 Å². The Hall–Kier alpha value is 1.06. The van der Waals surface area contributed by atoms with Gasteiger partial charge in [-0.3, -0.25) is 0 Å². The van der Waals surface area contributed by atoms with Crippen molar-refractivity contribution in [2.45, 2.75) is 11.1 Å². The van der Waals surface area contributed by atoms with Gasteiger partial charge in [-0.1, -0.05) is 0 Å². The van der Waals surface area contributed by atoms with Crippen LogP contribution >= 0.6 is 9.35 Å². The zero-order valence-corrected chi connectivity index (χ0v) is 5.41. The predicted octanol–water partition coefficient (Wildman–Crippen LogP) is 1.54. The second-order valence-electron chi connectivity index (χ2n) is 1.10. The number of hydrogen-bond acceptors (Lipinski definition) is 1. The molecular weight excluding hydrogens is 116 g/mol. The molecule has 0 nitrogen and oxygen atoms in total. The molecule has 0 unspecified atom stereocenters. The molecule has 0 atom stereocenters. The van der Waals surface area contributed by atoms with Gasteiger partial charge in [-0.05, 0) is 0 Å². The minimum atomic E-state index is 0.556. The molecular formula is C3H6STi. The van der Waals surface area contributed by atoms with Crippen molar-refractivity contribution >= 4 is 9.35 Å². The summed E-state index contributed by atoms with van der Waals surface area (Å²) in [6.07, 6.45) is 1.52. The summed E-state index contributed by atoms with van der Waals surface area (Å²) in [6, 6.07) is 0. The van der Waals surface area contributed by atoms with Crippen LogP contribution < -0.4 is 0 Å². The quantitative estimate of drug-likeness (QED) is 0.439. The fourth-order valence-corrected chi connectivity index (χ4v) is 4.46. The Labute approximate surface area is 44.3 Å². The number of rotatable bonds is 0. The van der Waals surface area contributed by atoms with Gasteiger partial charge in [-0.15, -0.1) is 0 Å².